The molecule has 13 rings (SSSR count). The van der Waals surface area contributed by atoms with Crippen molar-refractivity contribution in [1.82, 2.24) is 28.7 Å². The lowest BCUT2D eigenvalue weighted by Crippen LogP contribution is -2.41. The van der Waals surface area contributed by atoms with Crippen LogP contribution < -0.4 is 0 Å². The summed E-state index contributed by atoms with van der Waals surface area (Å²) in [7, 11) is 0. The molecule has 0 radical (unpaired) electrons. The third kappa shape index (κ3) is 5.76. The summed E-state index contributed by atoms with van der Waals surface area (Å²) in [5.74, 6) is 4.11. The van der Waals surface area contributed by atoms with Gasteiger partial charge in [0.2, 0.25) is 5.95 Å². The van der Waals surface area contributed by atoms with Gasteiger partial charge in [0.05, 0.1) is 50.4 Å². The van der Waals surface area contributed by atoms with E-state index in [0.29, 0.717) is 29.2 Å². The molecular formula is C58H47N7. The van der Waals surface area contributed by atoms with E-state index < -0.39 is 0 Å². The molecule has 2 aliphatic carbocycles. The highest BCUT2D eigenvalue weighted by atomic mass is 15.2. The van der Waals surface area contributed by atoms with Gasteiger partial charge < -0.3 is 9.13 Å². The topological polar surface area (TPSA) is 77.2 Å². The zero-order valence-electron chi connectivity index (χ0n) is 36.6. The van der Waals surface area contributed by atoms with E-state index in [-0.39, 0.29) is 5.41 Å². The smallest absolute Gasteiger partial charge is 0.238 e. The van der Waals surface area contributed by atoms with Gasteiger partial charge in [0.25, 0.3) is 0 Å². The van der Waals surface area contributed by atoms with Gasteiger partial charge in [0, 0.05) is 49.0 Å². The van der Waals surface area contributed by atoms with E-state index in [1.165, 1.54) is 30.0 Å². The Kier molecular flexibility index (Phi) is 8.46. The largest absolute Gasteiger partial charge is 0.309 e. The molecule has 2 saturated carbocycles. The molecule has 2 unspecified atom stereocenters. The minimum atomic E-state index is -0.198. The van der Waals surface area contributed by atoms with Crippen LogP contribution in [0, 0.1) is 29.1 Å². The van der Waals surface area contributed by atoms with Gasteiger partial charge in [0.15, 0.2) is 5.82 Å². The Morgan fingerprint density at radius 2 is 1.05 bits per heavy atom. The maximum absolute atomic E-state index is 10.6. The van der Waals surface area contributed by atoms with E-state index >= 15 is 0 Å². The Hall–Kier alpha value is -7.56. The lowest BCUT2D eigenvalue weighted by Gasteiger charge is -2.48. The van der Waals surface area contributed by atoms with Crippen molar-refractivity contribution >= 4 is 65.4 Å². The Bertz CT molecular complexity index is 3640. The molecule has 11 aromatic rings. The molecule has 314 valence electrons. The van der Waals surface area contributed by atoms with Crippen molar-refractivity contribution in [1.29, 1.82) is 5.26 Å². The molecule has 2 aliphatic rings. The number of para-hydroxylation sites is 5. The first-order valence-electron chi connectivity index (χ1n) is 23.3. The average molecular weight is 842 g/mol. The molecule has 0 saturated heterocycles. The van der Waals surface area contributed by atoms with Gasteiger partial charge in [-0.05, 0) is 117 Å². The second-order valence-electron chi connectivity index (χ2n) is 19.0. The number of rotatable bonds is 6. The van der Waals surface area contributed by atoms with Crippen LogP contribution in [0.1, 0.15) is 63.8 Å². The van der Waals surface area contributed by atoms with Gasteiger partial charge in [-0.3, -0.25) is 4.57 Å². The van der Waals surface area contributed by atoms with Crippen LogP contribution in [-0.4, -0.2) is 28.7 Å². The van der Waals surface area contributed by atoms with Crippen molar-refractivity contribution in [2.45, 2.75) is 57.8 Å². The number of benzene rings is 7. The monoisotopic (exact) mass is 841 g/mol. The number of hydrogen-bond donors (Lipinski definition) is 0. The number of hydrogen-bond acceptors (Lipinski definition) is 4. The molecule has 65 heavy (non-hydrogen) atoms. The minimum Gasteiger partial charge on any atom is -0.309 e. The lowest BCUT2D eigenvalue weighted by atomic mass is 9.57. The number of fused-ring (bicyclic) bond motifs is 11. The third-order valence-corrected chi connectivity index (χ3v) is 15.2. The maximum Gasteiger partial charge on any atom is 0.238 e. The van der Waals surface area contributed by atoms with E-state index in [2.05, 4.69) is 179 Å². The fourth-order valence-corrected chi connectivity index (χ4v) is 12.5. The number of nitriles is 1. The maximum atomic E-state index is 10.6. The van der Waals surface area contributed by atoms with E-state index in [9.17, 15) is 5.26 Å². The molecule has 0 spiro atoms. The fourth-order valence-electron chi connectivity index (χ4n) is 12.5. The van der Waals surface area contributed by atoms with Crippen LogP contribution in [-0.2, 0) is 5.41 Å². The van der Waals surface area contributed by atoms with Crippen molar-refractivity contribution in [3.8, 4) is 34.8 Å². The van der Waals surface area contributed by atoms with Crippen molar-refractivity contribution in [3.05, 3.63) is 169 Å². The molecule has 7 nitrogen and oxygen atoms in total. The van der Waals surface area contributed by atoms with Gasteiger partial charge in [-0.25, -0.2) is 4.98 Å². The van der Waals surface area contributed by atoms with E-state index in [1.807, 2.05) is 12.1 Å². The first-order chi connectivity index (χ1) is 32.0. The summed E-state index contributed by atoms with van der Waals surface area (Å²) in [4.78, 5) is 16.8. The van der Waals surface area contributed by atoms with Crippen molar-refractivity contribution in [2.75, 3.05) is 0 Å². The van der Waals surface area contributed by atoms with Crippen LogP contribution in [0.5, 0.6) is 0 Å². The van der Waals surface area contributed by atoms with Crippen LogP contribution in [0.25, 0.3) is 94.1 Å². The predicted octanol–water partition coefficient (Wildman–Crippen LogP) is 14.2. The summed E-state index contributed by atoms with van der Waals surface area (Å²) in [6.07, 6.45) is 6.91. The third-order valence-electron chi connectivity index (χ3n) is 15.2. The standard InChI is InChI=1S/C58H47N7/c1-3-58(33-38-28-36(2)29-39(30-38)34-58)56-60-55(61-57(62-56)65-51-22-12-7-16-43(51)44-17-8-13-23-52(44)65)47-31-37(35-59)24-27-53(47)64-50-21-11-6-18-45(50)46-26-25-40(32-54(46)64)63-48-19-9-4-14-41(48)42-15-5-10-20-49(42)63/h4-27,31-32,36,38-39H,3,28-30,33-34H2,1-2H3. The lowest BCUT2D eigenvalue weighted by molar-refractivity contribution is 0.0743. The average Bonchev–Trinajstić information content (AvgIpc) is 3.99. The highest BCUT2D eigenvalue weighted by molar-refractivity contribution is 6.12. The molecule has 7 heteroatoms. The number of nitrogens with zero attached hydrogens (tertiary/aromatic N) is 7. The van der Waals surface area contributed by atoms with Gasteiger partial charge in [0.1, 0.15) is 5.82 Å². The normalized spacial score (nSPS) is 19.8. The summed E-state index contributed by atoms with van der Waals surface area (Å²) in [6.45, 7) is 4.77. The molecule has 7 aromatic carbocycles. The Morgan fingerprint density at radius 1 is 0.538 bits per heavy atom. The van der Waals surface area contributed by atoms with Crippen molar-refractivity contribution in [2.24, 2.45) is 17.8 Å². The molecular weight excluding hydrogens is 795 g/mol. The van der Waals surface area contributed by atoms with E-state index in [4.69, 9.17) is 15.0 Å². The summed E-state index contributed by atoms with van der Waals surface area (Å²) >= 11 is 0. The molecule has 0 amide bonds. The first kappa shape index (κ1) is 37.9. The van der Waals surface area contributed by atoms with E-state index in [0.717, 1.165) is 103 Å². The van der Waals surface area contributed by atoms with Gasteiger partial charge >= 0.3 is 0 Å². The molecule has 0 aliphatic heterocycles. The summed E-state index contributed by atoms with van der Waals surface area (Å²) in [6, 6.07) is 58.5. The summed E-state index contributed by atoms with van der Waals surface area (Å²) in [5.41, 5.74) is 9.73. The van der Waals surface area contributed by atoms with Crippen LogP contribution in [0.2, 0.25) is 0 Å². The predicted molar refractivity (Wildman–Crippen MR) is 264 cm³/mol. The van der Waals surface area contributed by atoms with Gasteiger partial charge in [-0.2, -0.15) is 15.2 Å². The van der Waals surface area contributed by atoms with Gasteiger partial charge in [-0.1, -0.05) is 111 Å². The zero-order chi connectivity index (χ0) is 43.4. The van der Waals surface area contributed by atoms with Crippen LogP contribution in [0.3, 0.4) is 0 Å². The van der Waals surface area contributed by atoms with Crippen LogP contribution in [0.4, 0.5) is 0 Å². The second-order valence-corrected chi connectivity index (χ2v) is 19.0. The molecule has 2 atom stereocenters. The summed E-state index contributed by atoms with van der Waals surface area (Å²) in [5, 5.41) is 17.6. The molecule has 2 fully saturated rings. The Labute approximate surface area is 377 Å². The van der Waals surface area contributed by atoms with Crippen molar-refractivity contribution < 1.29 is 0 Å². The Morgan fingerprint density at radius 3 is 1.58 bits per heavy atom. The molecule has 0 N–H and O–H groups in total. The SMILES string of the molecule is CCC1(c2nc(-c3cc(C#N)ccc3-n3c4ccccc4c4ccc(-n5c6ccccc6c6ccccc65)cc43)nc(-n3c4ccccc4c4ccccc43)n2)CC2CC(C)CC(C2)C1. The van der Waals surface area contributed by atoms with Crippen molar-refractivity contribution in [3.63, 3.8) is 0 Å². The fraction of sp³-hybridized carbons (Fsp3) is 0.207. The van der Waals surface area contributed by atoms with Gasteiger partial charge in [-0.15, -0.1) is 0 Å². The van der Waals surface area contributed by atoms with Crippen LogP contribution >= 0.6 is 0 Å². The van der Waals surface area contributed by atoms with E-state index in [1.54, 1.807) is 0 Å². The highest BCUT2D eigenvalue weighted by Crippen LogP contribution is 2.53. The minimum absolute atomic E-state index is 0.198. The first-order valence-corrected chi connectivity index (χ1v) is 23.3. The molecule has 2 bridgehead atoms. The number of aromatic nitrogens is 6. The Balaban J connectivity index is 1.10. The second kappa shape index (κ2) is 14.5. The highest BCUT2D eigenvalue weighted by Gasteiger charge is 2.46. The summed E-state index contributed by atoms with van der Waals surface area (Å²) < 4.78 is 6.98. The molecule has 4 aromatic heterocycles. The quantitative estimate of drug-likeness (QED) is 0.167. The zero-order valence-corrected chi connectivity index (χ0v) is 36.6. The molecule has 4 heterocycles. The van der Waals surface area contributed by atoms with Crippen LogP contribution in [0.15, 0.2) is 158 Å².